The maximum absolute atomic E-state index is 13.5. The Morgan fingerprint density at radius 3 is 2.36 bits per heavy atom. The SMILES string of the molecule is O=C(CNS(=O)(=O)c1c(F)cccc1F)OCc1ccc(Cl)cc1Cl. The van der Waals surface area contributed by atoms with Crippen molar-refractivity contribution in [2.45, 2.75) is 11.5 Å². The summed E-state index contributed by atoms with van der Waals surface area (Å²) in [6, 6.07) is 7.14. The lowest BCUT2D eigenvalue weighted by atomic mass is 10.2. The van der Waals surface area contributed by atoms with Crippen molar-refractivity contribution in [3.63, 3.8) is 0 Å². The number of halogens is 4. The minimum atomic E-state index is -4.56. The Hall–Kier alpha value is -1.74. The zero-order valence-corrected chi connectivity index (χ0v) is 14.8. The number of sulfonamides is 1. The molecule has 25 heavy (non-hydrogen) atoms. The van der Waals surface area contributed by atoms with E-state index < -0.39 is 39.1 Å². The van der Waals surface area contributed by atoms with Crippen LogP contribution < -0.4 is 4.72 Å². The summed E-state index contributed by atoms with van der Waals surface area (Å²) >= 11 is 11.6. The molecule has 134 valence electrons. The smallest absolute Gasteiger partial charge is 0.321 e. The summed E-state index contributed by atoms with van der Waals surface area (Å²) in [6.07, 6.45) is 0. The number of benzene rings is 2. The number of rotatable bonds is 6. The fourth-order valence-corrected chi connectivity index (χ4v) is 3.38. The number of carbonyl (C=O) groups is 1. The van der Waals surface area contributed by atoms with Crippen molar-refractivity contribution < 1.29 is 26.7 Å². The molecule has 2 rings (SSSR count). The number of carbonyl (C=O) groups excluding carboxylic acids is 1. The highest BCUT2D eigenvalue weighted by molar-refractivity contribution is 7.89. The molecule has 0 heterocycles. The Labute approximate surface area is 152 Å². The Balaban J connectivity index is 1.97. The molecule has 5 nitrogen and oxygen atoms in total. The molecule has 0 aliphatic heterocycles. The number of nitrogens with one attached hydrogen (secondary N) is 1. The fraction of sp³-hybridized carbons (Fsp3) is 0.133. The van der Waals surface area contributed by atoms with Gasteiger partial charge in [-0.2, -0.15) is 4.72 Å². The van der Waals surface area contributed by atoms with E-state index in [-0.39, 0.29) is 11.6 Å². The Bertz CT molecular complexity index is 886. The fourth-order valence-electron chi connectivity index (χ4n) is 1.81. The van der Waals surface area contributed by atoms with E-state index in [9.17, 15) is 22.0 Å². The quantitative estimate of drug-likeness (QED) is 0.742. The minimum absolute atomic E-state index is 0.218. The van der Waals surface area contributed by atoms with Crippen LogP contribution in [-0.4, -0.2) is 20.9 Å². The van der Waals surface area contributed by atoms with Gasteiger partial charge in [0.15, 0.2) is 4.90 Å². The first-order valence-electron chi connectivity index (χ1n) is 6.74. The van der Waals surface area contributed by atoms with Gasteiger partial charge in [0.1, 0.15) is 24.8 Å². The van der Waals surface area contributed by atoms with E-state index in [0.29, 0.717) is 10.6 Å². The number of hydrogen-bond acceptors (Lipinski definition) is 4. The summed E-state index contributed by atoms with van der Waals surface area (Å²) in [5, 5.41) is 0.675. The first-order chi connectivity index (χ1) is 11.7. The van der Waals surface area contributed by atoms with Crippen LogP contribution in [0.3, 0.4) is 0 Å². The van der Waals surface area contributed by atoms with Crippen LogP contribution in [-0.2, 0) is 26.2 Å². The van der Waals surface area contributed by atoms with Gasteiger partial charge >= 0.3 is 5.97 Å². The predicted octanol–water partition coefficient (Wildman–Crippen LogP) is 3.29. The summed E-state index contributed by atoms with van der Waals surface area (Å²) in [6.45, 7) is -1.02. The van der Waals surface area contributed by atoms with Gasteiger partial charge in [-0.1, -0.05) is 35.3 Å². The zero-order valence-electron chi connectivity index (χ0n) is 12.4. The van der Waals surface area contributed by atoms with Crippen molar-refractivity contribution in [1.82, 2.24) is 4.72 Å². The Morgan fingerprint density at radius 2 is 1.76 bits per heavy atom. The lowest BCUT2D eigenvalue weighted by molar-refractivity contribution is -0.143. The van der Waals surface area contributed by atoms with Gasteiger partial charge in [-0.15, -0.1) is 0 Å². The molecular formula is C15H11Cl2F2NO4S. The molecular weight excluding hydrogens is 399 g/mol. The predicted molar refractivity (Wildman–Crippen MR) is 87.8 cm³/mol. The van der Waals surface area contributed by atoms with Crippen molar-refractivity contribution in [2.24, 2.45) is 0 Å². The molecule has 0 fully saturated rings. The molecule has 10 heteroatoms. The standard InChI is InChI=1S/C15H11Cl2F2NO4S/c16-10-5-4-9(11(17)6-10)8-24-14(21)7-20-25(22,23)15-12(18)2-1-3-13(15)19/h1-6,20H,7-8H2. The second kappa shape index (κ2) is 8.09. The monoisotopic (exact) mass is 409 g/mol. The molecule has 0 aliphatic rings. The van der Waals surface area contributed by atoms with Crippen molar-refractivity contribution in [1.29, 1.82) is 0 Å². The van der Waals surface area contributed by atoms with Crippen molar-refractivity contribution >= 4 is 39.2 Å². The number of hydrogen-bond donors (Lipinski definition) is 1. The zero-order chi connectivity index (χ0) is 18.6. The molecule has 0 spiro atoms. The van der Waals surface area contributed by atoms with Crippen LogP contribution in [0.4, 0.5) is 8.78 Å². The molecule has 1 N–H and O–H groups in total. The van der Waals surface area contributed by atoms with Gasteiger partial charge in [0, 0.05) is 15.6 Å². The molecule has 0 atom stereocenters. The Morgan fingerprint density at radius 1 is 1.12 bits per heavy atom. The van der Waals surface area contributed by atoms with Crippen LogP contribution in [0.1, 0.15) is 5.56 Å². The average Bonchev–Trinajstić information content (AvgIpc) is 2.52. The van der Waals surface area contributed by atoms with Gasteiger partial charge in [-0.3, -0.25) is 4.79 Å². The molecule has 0 saturated heterocycles. The third-order valence-corrected chi connectivity index (χ3v) is 5.04. The first kappa shape index (κ1) is 19.6. The molecule has 0 radical (unpaired) electrons. The highest BCUT2D eigenvalue weighted by atomic mass is 35.5. The van der Waals surface area contributed by atoms with E-state index in [2.05, 4.69) is 0 Å². The highest BCUT2D eigenvalue weighted by Gasteiger charge is 2.24. The maximum atomic E-state index is 13.5. The van der Waals surface area contributed by atoms with E-state index in [0.717, 1.165) is 18.2 Å². The largest absolute Gasteiger partial charge is 0.460 e. The molecule has 2 aromatic rings. The Kier molecular flexibility index (Phi) is 6.34. The van der Waals surface area contributed by atoms with Crippen LogP contribution in [0.2, 0.25) is 10.0 Å². The van der Waals surface area contributed by atoms with Crippen LogP contribution >= 0.6 is 23.2 Å². The third-order valence-electron chi connectivity index (χ3n) is 3.00. The second-order valence-corrected chi connectivity index (χ2v) is 7.32. The lowest BCUT2D eigenvalue weighted by Gasteiger charge is -2.09. The maximum Gasteiger partial charge on any atom is 0.321 e. The molecule has 0 aromatic heterocycles. The summed E-state index contributed by atoms with van der Waals surface area (Å²) in [7, 11) is -4.56. The van der Waals surface area contributed by atoms with Crippen molar-refractivity contribution in [2.75, 3.05) is 6.54 Å². The van der Waals surface area contributed by atoms with Gasteiger partial charge in [0.25, 0.3) is 0 Å². The summed E-state index contributed by atoms with van der Waals surface area (Å²) in [5.41, 5.74) is 0.461. The normalized spacial score (nSPS) is 11.4. The molecule has 0 saturated carbocycles. The van der Waals surface area contributed by atoms with Crippen LogP contribution in [0.15, 0.2) is 41.3 Å². The van der Waals surface area contributed by atoms with Crippen molar-refractivity contribution in [3.05, 3.63) is 63.6 Å². The van der Waals surface area contributed by atoms with E-state index in [1.165, 1.54) is 12.1 Å². The van der Waals surface area contributed by atoms with E-state index >= 15 is 0 Å². The molecule has 0 unspecified atom stereocenters. The summed E-state index contributed by atoms with van der Waals surface area (Å²) in [5.74, 6) is -3.49. The number of ether oxygens (including phenoxy) is 1. The molecule has 0 aliphatic carbocycles. The van der Waals surface area contributed by atoms with Gasteiger partial charge in [0.2, 0.25) is 10.0 Å². The lowest BCUT2D eigenvalue weighted by Crippen LogP contribution is -2.31. The van der Waals surface area contributed by atoms with Crippen LogP contribution in [0, 0.1) is 11.6 Å². The van der Waals surface area contributed by atoms with Crippen molar-refractivity contribution in [3.8, 4) is 0 Å². The summed E-state index contributed by atoms with van der Waals surface area (Å²) < 4.78 is 57.5. The molecule has 2 aromatic carbocycles. The molecule has 0 amide bonds. The van der Waals surface area contributed by atoms with E-state index in [1.807, 2.05) is 0 Å². The van der Waals surface area contributed by atoms with Crippen LogP contribution in [0.5, 0.6) is 0 Å². The second-order valence-electron chi connectivity index (χ2n) is 4.77. The van der Waals surface area contributed by atoms with Gasteiger partial charge < -0.3 is 4.74 Å². The minimum Gasteiger partial charge on any atom is -0.460 e. The van der Waals surface area contributed by atoms with Gasteiger partial charge in [-0.25, -0.2) is 17.2 Å². The highest BCUT2D eigenvalue weighted by Crippen LogP contribution is 2.21. The topological polar surface area (TPSA) is 72.5 Å². The van der Waals surface area contributed by atoms with E-state index in [4.69, 9.17) is 27.9 Å². The van der Waals surface area contributed by atoms with E-state index in [1.54, 1.807) is 10.8 Å². The third kappa shape index (κ3) is 5.12. The summed E-state index contributed by atoms with van der Waals surface area (Å²) in [4.78, 5) is 10.5. The van der Waals surface area contributed by atoms with Gasteiger partial charge in [0.05, 0.1) is 0 Å². The number of esters is 1. The molecule has 0 bridgehead atoms. The average molecular weight is 410 g/mol. The first-order valence-corrected chi connectivity index (χ1v) is 8.98. The van der Waals surface area contributed by atoms with Gasteiger partial charge in [-0.05, 0) is 24.3 Å². The van der Waals surface area contributed by atoms with Crippen LogP contribution in [0.25, 0.3) is 0 Å².